The molecule has 1 unspecified atom stereocenters. The highest BCUT2D eigenvalue weighted by atomic mass is 16.1. The van der Waals surface area contributed by atoms with Crippen LogP contribution in [-0.2, 0) is 4.79 Å². The Bertz CT molecular complexity index is 231. The largest absolute Gasteiger partial charge is 0.352 e. The van der Waals surface area contributed by atoms with Gasteiger partial charge >= 0.3 is 0 Å². The van der Waals surface area contributed by atoms with Gasteiger partial charge in [0.1, 0.15) is 0 Å². The molecule has 0 aromatic rings. The van der Waals surface area contributed by atoms with Crippen molar-refractivity contribution in [2.75, 3.05) is 13.1 Å². The minimum absolute atomic E-state index is 0.223. The van der Waals surface area contributed by atoms with Gasteiger partial charge in [-0.3, -0.25) is 4.79 Å². The van der Waals surface area contributed by atoms with Crippen LogP contribution in [0.2, 0.25) is 0 Å². The standard InChI is InChI=1S/C11H18N2O/c14-11(9-4-2-1-3-5-9)13-10-6-7-12-8-10/h1-2,9-10,12H,3-8H2,(H,13,14)/t9?,10-/m0/s1. The fraction of sp³-hybridized carbons (Fsp3) is 0.727. The Labute approximate surface area is 84.9 Å². The van der Waals surface area contributed by atoms with Gasteiger partial charge in [0.25, 0.3) is 0 Å². The number of hydrogen-bond acceptors (Lipinski definition) is 2. The number of carbonyl (C=O) groups excluding carboxylic acids is 1. The molecular weight excluding hydrogens is 176 g/mol. The maximum Gasteiger partial charge on any atom is 0.223 e. The highest BCUT2D eigenvalue weighted by Gasteiger charge is 2.22. The predicted octanol–water partition coefficient (Wildman–Crippen LogP) is 0.821. The molecule has 2 N–H and O–H groups in total. The fourth-order valence-corrected chi connectivity index (χ4v) is 2.13. The normalized spacial score (nSPS) is 31.7. The quantitative estimate of drug-likeness (QED) is 0.639. The summed E-state index contributed by atoms with van der Waals surface area (Å²) in [5.41, 5.74) is 0. The van der Waals surface area contributed by atoms with Crippen molar-refractivity contribution < 1.29 is 4.79 Å². The summed E-state index contributed by atoms with van der Waals surface area (Å²) in [6.45, 7) is 1.98. The van der Waals surface area contributed by atoms with E-state index in [4.69, 9.17) is 0 Å². The Morgan fingerprint density at radius 3 is 2.93 bits per heavy atom. The molecule has 3 heteroatoms. The van der Waals surface area contributed by atoms with E-state index in [1.54, 1.807) is 0 Å². The zero-order chi connectivity index (χ0) is 9.80. The number of carbonyl (C=O) groups is 1. The molecule has 1 heterocycles. The first-order valence-electron chi connectivity index (χ1n) is 5.52. The predicted molar refractivity (Wildman–Crippen MR) is 55.9 cm³/mol. The molecule has 0 aromatic carbocycles. The summed E-state index contributed by atoms with van der Waals surface area (Å²) >= 11 is 0. The van der Waals surface area contributed by atoms with E-state index < -0.39 is 0 Å². The van der Waals surface area contributed by atoms with Gasteiger partial charge in [0.15, 0.2) is 0 Å². The van der Waals surface area contributed by atoms with E-state index in [9.17, 15) is 4.79 Å². The van der Waals surface area contributed by atoms with Crippen molar-refractivity contribution in [3.05, 3.63) is 12.2 Å². The molecule has 1 saturated heterocycles. The lowest BCUT2D eigenvalue weighted by Crippen LogP contribution is -2.40. The van der Waals surface area contributed by atoms with Crippen molar-refractivity contribution in [1.82, 2.24) is 10.6 Å². The van der Waals surface area contributed by atoms with Gasteiger partial charge in [-0.25, -0.2) is 0 Å². The molecular formula is C11H18N2O. The molecule has 0 radical (unpaired) electrons. The third-order valence-electron chi connectivity index (χ3n) is 3.05. The Kier molecular flexibility index (Phi) is 3.19. The van der Waals surface area contributed by atoms with Crippen LogP contribution in [0, 0.1) is 5.92 Å². The maximum absolute atomic E-state index is 11.8. The summed E-state index contributed by atoms with van der Waals surface area (Å²) in [7, 11) is 0. The first kappa shape index (κ1) is 9.71. The van der Waals surface area contributed by atoms with E-state index >= 15 is 0 Å². The van der Waals surface area contributed by atoms with Crippen LogP contribution in [0.5, 0.6) is 0 Å². The van der Waals surface area contributed by atoms with Gasteiger partial charge in [-0.1, -0.05) is 12.2 Å². The van der Waals surface area contributed by atoms with Crippen LogP contribution in [-0.4, -0.2) is 25.0 Å². The smallest absolute Gasteiger partial charge is 0.223 e. The molecule has 1 aliphatic carbocycles. The summed E-state index contributed by atoms with van der Waals surface area (Å²) in [6.07, 6.45) is 8.37. The van der Waals surface area contributed by atoms with E-state index in [-0.39, 0.29) is 11.8 Å². The van der Waals surface area contributed by atoms with Crippen LogP contribution in [0.15, 0.2) is 12.2 Å². The van der Waals surface area contributed by atoms with Crippen LogP contribution in [0.25, 0.3) is 0 Å². The van der Waals surface area contributed by atoms with E-state index in [1.165, 1.54) is 0 Å². The lowest BCUT2D eigenvalue weighted by Gasteiger charge is -2.19. The van der Waals surface area contributed by atoms with Crippen LogP contribution in [0.4, 0.5) is 0 Å². The minimum Gasteiger partial charge on any atom is -0.352 e. The minimum atomic E-state index is 0.223. The van der Waals surface area contributed by atoms with E-state index in [0.29, 0.717) is 6.04 Å². The lowest BCUT2D eigenvalue weighted by molar-refractivity contribution is -0.125. The van der Waals surface area contributed by atoms with E-state index in [2.05, 4.69) is 22.8 Å². The third kappa shape index (κ3) is 2.35. The van der Waals surface area contributed by atoms with Gasteiger partial charge in [0.05, 0.1) is 0 Å². The van der Waals surface area contributed by atoms with Gasteiger partial charge < -0.3 is 10.6 Å². The Morgan fingerprint density at radius 2 is 2.29 bits per heavy atom. The Hall–Kier alpha value is -0.830. The average Bonchev–Trinajstić information content (AvgIpc) is 2.72. The second-order valence-corrected chi connectivity index (χ2v) is 4.18. The average molecular weight is 194 g/mol. The van der Waals surface area contributed by atoms with Gasteiger partial charge in [0.2, 0.25) is 5.91 Å². The number of hydrogen-bond donors (Lipinski definition) is 2. The van der Waals surface area contributed by atoms with Crippen molar-refractivity contribution in [2.45, 2.75) is 31.7 Å². The van der Waals surface area contributed by atoms with Crippen LogP contribution < -0.4 is 10.6 Å². The first-order chi connectivity index (χ1) is 6.86. The number of rotatable bonds is 2. The van der Waals surface area contributed by atoms with Crippen LogP contribution in [0.3, 0.4) is 0 Å². The summed E-state index contributed by atoms with van der Waals surface area (Å²) in [5, 5.41) is 6.37. The van der Waals surface area contributed by atoms with Crippen LogP contribution >= 0.6 is 0 Å². The summed E-state index contributed by atoms with van der Waals surface area (Å²) < 4.78 is 0. The van der Waals surface area contributed by atoms with Crippen LogP contribution in [0.1, 0.15) is 25.7 Å². The molecule has 0 bridgehead atoms. The molecule has 78 valence electrons. The van der Waals surface area contributed by atoms with Crippen molar-refractivity contribution in [3.63, 3.8) is 0 Å². The molecule has 2 aliphatic rings. The molecule has 0 spiro atoms. The van der Waals surface area contributed by atoms with Gasteiger partial charge in [-0.2, -0.15) is 0 Å². The second kappa shape index (κ2) is 4.60. The molecule has 0 aromatic heterocycles. The zero-order valence-electron chi connectivity index (χ0n) is 8.46. The van der Waals surface area contributed by atoms with E-state index in [1.807, 2.05) is 0 Å². The SMILES string of the molecule is O=C(N[C@H]1CCNC1)C1CC=CCC1. The number of allylic oxidation sites excluding steroid dienone is 2. The number of nitrogens with one attached hydrogen (secondary N) is 2. The Morgan fingerprint density at radius 1 is 1.36 bits per heavy atom. The van der Waals surface area contributed by atoms with Crippen molar-refractivity contribution in [1.29, 1.82) is 0 Å². The zero-order valence-corrected chi connectivity index (χ0v) is 8.46. The summed E-state index contributed by atoms with van der Waals surface area (Å²) in [4.78, 5) is 11.8. The highest BCUT2D eigenvalue weighted by molar-refractivity contribution is 5.79. The topological polar surface area (TPSA) is 41.1 Å². The van der Waals surface area contributed by atoms with Gasteiger partial charge in [-0.05, 0) is 32.2 Å². The molecule has 1 fully saturated rings. The highest BCUT2D eigenvalue weighted by Crippen LogP contribution is 2.18. The fourth-order valence-electron chi connectivity index (χ4n) is 2.13. The second-order valence-electron chi connectivity index (χ2n) is 4.18. The summed E-state index contributed by atoms with van der Waals surface area (Å²) in [6, 6.07) is 0.369. The molecule has 0 saturated carbocycles. The lowest BCUT2D eigenvalue weighted by atomic mass is 9.93. The van der Waals surface area contributed by atoms with Gasteiger partial charge in [0, 0.05) is 18.5 Å². The van der Waals surface area contributed by atoms with Crippen molar-refractivity contribution >= 4 is 5.91 Å². The molecule has 1 amide bonds. The molecule has 3 nitrogen and oxygen atoms in total. The molecule has 2 atom stereocenters. The van der Waals surface area contributed by atoms with E-state index in [0.717, 1.165) is 38.8 Å². The van der Waals surface area contributed by atoms with Crippen molar-refractivity contribution in [3.8, 4) is 0 Å². The Balaban J connectivity index is 1.79. The molecule has 1 aliphatic heterocycles. The third-order valence-corrected chi connectivity index (χ3v) is 3.05. The molecule has 2 rings (SSSR count). The monoisotopic (exact) mass is 194 g/mol. The number of amides is 1. The summed E-state index contributed by atoms with van der Waals surface area (Å²) in [5.74, 6) is 0.476. The molecule has 14 heavy (non-hydrogen) atoms. The van der Waals surface area contributed by atoms with Gasteiger partial charge in [-0.15, -0.1) is 0 Å². The maximum atomic E-state index is 11.8. The first-order valence-corrected chi connectivity index (χ1v) is 5.52. The van der Waals surface area contributed by atoms with Crippen molar-refractivity contribution in [2.24, 2.45) is 5.92 Å².